The molecule has 0 saturated carbocycles. The Bertz CT molecular complexity index is 251. The van der Waals surface area contributed by atoms with Gasteiger partial charge in [0.15, 0.2) is 8.32 Å². The second kappa shape index (κ2) is 9.56. The van der Waals surface area contributed by atoms with Gasteiger partial charge in [-0.15, -0.1) is 0 Å². The van der Waals surface area contributed by atoms with Gasteiger partial charge in [-0.3, -0.25) is 0 Å². The minimum atomic E-state index is -1.51. The first-order valence-corrected chi connectivity index (χ1v) is 11.6. The zero-order valence-corrected chi connectivity index (χ0v) is 16.9. The molecule has 3 heteroatoms. The van der Waals surface area contributed by atoms with Crippen molar-refractivity contribution in [2.45, 2.75) is 85.0 Å². The van der Waals surface area contributed by atoms with Crippen LogP contribution in [0.25, 0.3) is 0 Å². The smallest absolute Gasteiger partial charge is 0.192 e. The van der Waals surface area contributed by atoms with Crippen LogP contribution >= 0.6 is 22.6 Å². The molecule has 0 aliphatic heterocycles. The highest BCUT2D eigenvalue weighted by Crippen LogP contribution is 2.36. The Hall–Kier alpha value is 0.647. The van der Waals surface area contributed by atoms with Crippen molar-refractivity contribution in [2.24, 2.45) is 5.41 Å². The predicted octanol–water partition coefficient (Wildman–Crippen LogP) is 6.54. The molecule has 0 aromatic carbocycles. The van der Waals surface area contributed by atoms with Gasteiger partial charge in [0.2, 0.25) is 0 Å². The van der Waals surface area contributed by atoms with Crippen molar-refractivity contribution < 1.29 is 4.43 Å². The van der Waals surface area contributed by atoms with Crippen molar-refractivity contribution in [1.82, 2.24) is 0 Å². The molecule has 0 amide bonds. The standard InChI is InChI=1S/C16H33IOSi/c1-7-13-16(5,6)15(12-11-14-17)18-19(8-2,9-3)10-4/h11,14-15H,7-10,12-13H2,1-6H3. The summed E-state index contributed by atoms with van der Waals surface area (Å²) in [6.45, 7) is 14.0. The fourth-order valence-corrected chi connectivity index (χ4v) is 6.12. The Kier molecular flexibility index (Phi) is 9.88. The molecule has 0 fully saturated rings. The lowest BCUT2D eigenvalue weighted by molar-refractivity contribution is 0.0579. The highest BCUT2D eigenvalue weighted by molar-refractivity contribution is 14.1. The van der Waals surface area contributed by atoms with Crippen LogP contribution in [0.5, 0.6) is 0 Å². The second-order valence-corrected chi connectivity index (χ2v) is 11.6. The maximum absolute atomic E-state index is 6.79. The minimum Gasteiger partial charge on any atom is -0.413 e. The van der Waals surface area contributed by atoms with Gasteiger partial charge in [-0.25, -0.2) is 0 Å². The van der Waals surface area contributed by atoms with Gasteiger partial charge in [-0.05, 0) is 40.5 Å². The highest BCUT2D eigenvalue weighted by atomic mass is 127. The molecule has 0 aliphatic carbocycles. The third-order valence-electron chi connectivity index (χ3n) is 4.53. The molecule has 0 aromatic rings. The van der Waals surface area contributed by atoms with Crippen molar-refractivity contribution in [3.05, 3.63) is 10.2 Å². The first kappa shape index (κ1) is 19.6. The molecule has 1 nitrogen and oxygen atoms in total. The van der Waals surface area contributed by atoms with E-state index in [1.165, 1.54) is 31.0 Å². The average molecular weight is 396 g/mol. The van der Waals surface area contributed by atoms with Gasteiger partial charge in [0, 0.05) is 0 Å². The Morgan fingerprint density at radius 3 is 2.00 bits per heavy atom. The number of hydrogen-bond donors (Lipinski definition) is 0. The molecule has 0 aliphatic rings. The molecular formula is C16H33IOSi. The maximum atomic E-state index is 6.79. The molecule has 0 N–H and O–H groups in total. The topological polar surface area (TPSA) is 9.23 Å². The van der Waals surface area contributed by atoms with Crippen LogP contribution in [-0.2, 0) is 4.43 Å². The lowest BCUT2D eigenvalue weighted by Gasteiger charge is -2.41. The Balaban J connectivity index is 5.03. The number of rotatable bonds is 10. The van der Waals surface area contributed by atoms with E-state index in [0.717, 1.165) is 6.42 Å². The summed E-state index contributed by atoms with van der Waals surface area (Å²) < 4.78 is 8.92. The fraction of sp³-hybridized carbons (Fsp3) is 0.875. The van der Waals surface area contributed by atoms with Crippen LogP contribution in [0.4, 0.5) is 0 Å². The lowest BCUT2D eigenvalue weighted by atomic mass is 9.81. The van der Waals surface area contributed by atoms with E-state index in [1.54, 1.807) is 0 Å². The summed E-state index contributed by atoms with van der Waals surface area (Å²) in [6.07, 6.45) is 6.19. The van der Waals surface area contributed by atoms with Gasteiger partial charge in [-0.1, -0.05) is 76.6 Å². The quantitative estimate of drug-likeness (QED) is 0.301. The Morgan fingerprint density at radius 1 is 1.11 bits per heavy atom. The van der Waals surface area contributed by atoms with Crippen molar-refractivity contribution in [1.29, 1.82) is 0 Å². The number of hydrogen-bond acceptors (Lipinski definition) is 1. The van der Waals surface area contributed by atoms with Gasteiger partial charge in [0.25, 0.3) is 0 Å². The van der Waals surface area contributed by atoms with Crippen LogP contribution in [-0.4, -0.2) is 14.4 Å². The monoisotopic (exact) mass is 396 g/mol. The summed E-state index contributed by atoms with van der Waals surface area (Å²) in [5, 5.41) is 0. The van der Waals surface area contributed by atoms with Gasteiger partial charge in [-0.2, -0.15) is 0 Å². The molecule has 0 aromatic heterocycles. The molecule has 0 heterocycles. The van der Waals surface area contributed by atoms with Gasteiger partial charge in [0.1, 0.15) is 0 Å². The molecule has 1 unspecified atom stereocenters. The molecule has 114 valence electrons. The van der Waals surface area contributed by atoms with E-state index >= 15 is 0 Å². The average Bonchev–Trinajstić information content (AvgIpc) is 2.39. The van der Waals surface area contributed by atoms with Crippen LogP contribution < -0.4 is 0 Å². The van der Waals surface area contributed by atoms with Crippen molar-refractivity contribution >= 4 is 30.9 Å². The van der Waals surface area contributed by atoms with E-state index in [-0.39, 0.29) is 5.41 Å². The van der Waals surface area contributed by atoms with Crippen LogP contribution in [0.2, 0.25) is 18.1 Å². The van der Waals surface area contributed by atoms with E-state index in [2.05, 4.69) is 74.3 Å². The van der Waals surface area contributed by atoms with Crippen LogP contribution in [0.1, 0.15) is 60.8 Å². The first-order chi connectivity index (χ1) is 8.91. The fourth-order valence-electron chi connectivity index (χ4n) is 2.81. The molecule has 0 spiro atoms. The third kappa shape index (κ3) is 6.30. The van der Waals surface area contributed by atoms with Crippen LogP contribution in [0.15, 0.2) is 10.2 Å². The van der Waals surface area contributed by atoms with Crippen molar-refractivity contribution in [3.8, 4) is 0 Å². The Labute approximate surface area is 135 Å². The van der Waals surface area contributed by atoms with Crippen molar-refractivity contribution in [2.75, 3.05) is 0 Å². The predicted molar refractivity (Wildman–Crippen MR) is 98.5 cm³/mol. The SMILES string of the molecule is CCCC(C)(C)C(CC=CI)O[Si](CC)(CC)CC. The zero-order valence-electron chi connectivity index (χ0n) is 13.8. The summed E-state index contributed by atoms with van der Waals surface area (Å²) >= 11 is 2.31. The number of halogens is 1. The zero-order chi connectivity index (χ0) is 14.9. The summed E-state index contributed by atoms with van der Waals surface area (Å²) in [6, 6.07) is 3.73. The summed E-state index contributed by atoms with van der Waals surface area (Å²) in [7, 11) is -1.51. The van der Waals surface area contributed by atoms with Gasteiger partial charge < -0.3 is 4.43 Å². The van der Waals surface area contributed by atoms with E-state index in [9.17, 15) is 0 Å². The van der Waals surface area contributed by atoms with Crippen LogP contribution in [0, 0.1) is 5.41 Å². The molecular weight excluding hydrogens is 363 g/mol. The summed E-state index contributed by atoms with van der Waals surface area (Å²) in [5.41, 5.74) is 0.280. The molecule has 0 saturated heterocycles. The van der Waals surface area contributed by atoms with E-state index < -0.39 is 8.32 Å². The Morgan fingerprint density at radius 2 is 1.63 bits per heavy atom. The van der Waals surface area contributed by atoms with Crippen molar-refractivity contribution in [3.63, 3.8) is 0 Å². The van der Waals surface area contributed by atoms with E-state index in [0.29, 0.717) is 6.10 Å². The summed E-state index contributed by atoms with van der Waals surface area (Å²) in [5.74, 6) is 0. The van der Waals surface area contributed by atoms with Gasteiger partial charge in [0.05, 0.1) is 6.10 Å². The summed E-state index contributed by atoms with van der Waals surface area (Å²) in [4.78, 5) is 0. The highest BCUT2D eigenvalue weighted by Gasteiger charge is 2.37. The second-order valence-electron chi connectivity index (χ2n) is 6.19. The first-order valence-electron chi connectivity index (χ1n) is 7.84. The molecule has 19 heavy (non-hydrogen) atoms. The lowest BCUT2D eigenvalue weighted by Crippen LogP contribution is -2.45. The van der Waals surface area contributed by atoms with E-state index in [4.69, 9.17) is 4.43 Å². The minimum absolute atomic E-state index is 0.280. The largest absolute Gasteiger partial charge is 0.413 e. The molecule has 0 bridgehead atoms. The molecule has 1 atom stereocenters. The van der Waals surface area contributed by atoms with E-state index in [1.807, 2.05) is 0 Å². The maximum Gasteiger partial charge on any atom is 0.192 e. The molecule has 0 radical (unpaired) electrons. The van der Waals surface area contributed by atoms with Gasteiger partial charge >= 0.3 is 0 Å². The van der Waals surface area contributed by atoms with Crippen LogP contribution in [0.3, 0.4) is 0 Å². The normalized spacial score (nSPS) is 15.1. The molecule has 0 rings (SSSR count). The third-order valence-corrected chi connectivity index (χ3v) is 9.69.